The van der Waals surface area contributed by atoms with E-state index in [1.807, 2.05) is 7.05 Å². The molecule has 2 atom stereocenters. The molecule has 1 saturated heterocycles. The van der Waals surface area contributed by atoms with Gasteiger partial charge < -0.3 is 20.3 Å². The number of likely N-dealkylation sites (tertiary alicyclic amines) is 1. The maximum atomic E-state index is 5.18. The van der Waals surface area contributed by atoms with Crippen LogP contribution in [0.2, 0.25) is 0 Å². The zero-order valence-electron chi connectivity index (χ0n) is 16.8. The first-order chi connectivity index (χ1) is 12.2. The van der Waals surface area contributed by atoms with Crippen molar-refractivity contribution in [2.45, 2.75) is 56.7 Å². The molecule has 0 amide bonds. The highest BCUT2D eigenvalue weighted by atomic mass is 127. The summed E-state index contributed by atoms with van der Waals surface area (Å²) in [6, 6.07) is 0.583. The van der Waals surface area contributed by atoms with Gasteiger partial charge in [-0.3, -0.25) is 4.99 Å². The molecule has 1 saturated carbocycles. The van der Waals surface area contributed by atoms with Gasteiger partial charge in [0, 0.05) is 38.5 Å². The fraction of sp³-hybridized carbons (Fsp3) is 0.947. The molecule has 0 radical (unpaired) electrons. The first-order valence-corrected chi connectivity index (χ1v) is 11.1. The van der Waals surface area contributed by atoms with Crippen LogP contribution in [0, 0.1) is 5.92 Å². The predicted octanol–water partition coefficient (Wildman–Crippen LogP) is 3.19. The molecule has 0 aromatic heterocycles. The molecule has 2 aliphatic rings. The maximum Gasteiger partial charge on any atom is 0.191 e. The minimum absolute atomic E-state index is 0. The van der Waals surface area contributed by atoms with E-state index in [1.165, 1.54) is 57.4 Å². The van der Waals surface area contributed by atoms with Gasteiger partial charge in [0.25, 0.3) is 0 Å². The van der Waals surface area contributed by atoms with Crippen LogP contribution >= 0.6 is 35.7 Å². The van der Waals surface area contributed by atoms with Crippen LogP contribution in [0.15, 0.2) is 4.99 Å². The third-order valence-corrected chi connectivity index (χ3v) is 6.70. The van der Waals surface area contributed by atoms with E-state index >= 15 is 0 Å². The number of hydrogen-bond acceptors (Lipinski definition) is 4. The Kier molecular flexibility index (Phi) is 13.4. The number of rotatable bonds is 8. The number of nitrogens with zero attached hydrogens (tertiary/aromatic N) is 2. The van der Waals surface area contributed by atoms with Crippen molar-refractivity contribution in [3.05, 3.63) is 0 Å². The van der Waals surface area contributed by atoms with Gasteiger partial charge in [-0.2, -0.15) is 11.8 Å². The van der Waals surface area contributed by atoms with E-state index in [4.69, 9.17) is 4.74 Å². The molecule has 0 aromatic carbocycles. The molecule has 5 nitrogen and oxygen atoms in total. The van der Waals surface area contributed by atoms with E-state index in [2.05, 4.69) is 39.2 Å². The van der Waals surface area contributed by atoms with Gasteiger partial charge in [-0.1, -0.05) is 13.3 Å². The van der Waals surface area contributed by atoms with Crippen molar-refractivity contribution >= 4 is 41.7 Å². The van der Waals surface area contributed by atoms with Crippen LogP contribution in [-0.2, 0) is 4.74 Å². The summed E-state index contributed by atoms with van der Waals surface area (Å²) in [6.07, 6.45) is 7.81. The average molecular weight is 499 g/mol. The lowest BCUT2D eigenvalue weighted by Crippen LogP contribution is -2.47. The zero-order chi connectivity index (χ0) is 17.9. The topological polar surface area (TPSA) is 48.9 Å². The smallest absolute Gasteiger partial charge is 0.191 e. The summed E-state index contributed by atoms with van der Waals surface area (Å²) in [6.45, 7) is 7.61. The summed E-state index contributed by atoms with van der Waals surface area (Å²) < 4.78 is 5.18. The van der Waals surface area contributed by atoms with E-state index in [0.29, 0.717) is 6.04 Å². The van der Waals surface area contributed by atoms with Gasteiger partial charge in [-0.25, -0.2) is 0 Å². The second-order valence-electron chi connectivity index (χ2n) is 7.32. The molecule has 1 heterocycles. The molecular weight excluding hydrogens is 459 g/mol. The van der Waals surface area contributed by atoms with Crippen molar-refractivity contribution in [3.8, 4) is 0 Å². The lowest BCUT2D eigenvalue weighted by atomic mass is 9.95. The van der Waals surface area contributed by atoms with Crippen molar-refractivity contribution in [2.75, 3.05) is 52.7 Å². The minimum Gasteiger partial charge on any atom is -0.383 e. The molecule has 0 aromatic rings. The lowest BCUT2D eigenvalue weighted by molar-refractivity contribution is 0.121. The van der Waals surface area contributed by atoms with E-state index in [-0.39, 0.29) is 24.0 Å². The molecule has 7 heteroatoms. The van der Waals surface area contributed by atoms with Crippen molar-refractivity contribution in [1.29, 1.82) is 0 Å². The van der Waals surface area contributed by atoms with Gasteiger partial charge in [0.2, 0.25) is 0 Å². The molecule has 0 spiro atoms. The predicted molar refractivity (Wildman–Crippen MR) is 125 cm³/mol. The molecule has 2 N–H and O–H groups in total. The Labute approximate surface area is 181 Å². The number of guanidine groups is 1. The summed E-state index contributed by atoms with van der Waals surface area (Å²) in [5.41, 5.74) is 0. The molecule has 1 aliphatic heterocycles. The normalized spacial score (nSPS) is 25.6. The molecule has 154 valence electrons. The number of methoxy groups -OCH3 is 1. The first-order valence-electron chi connectivity index (χ1n) is 10.0. The number of nitrogens with one attached hydrogen (secondary N) is 2. The van der Waals surface area contributed by atoms with E-state index in [9.17, 15) is 0 Å². The SMILES string of the molecule is CCSC1CCCC(NC(=NC)NCC2CCN(CCOC)CC2)C1.I. The molecule has 0 bridgehead atoms. The molecule has 2 fully saturated rings. The second kappa shape index (κ2) is 14.3. The van der Waals surface area contributed by atoms with E-state index in [1.54, 1.807) is 7.11 Å². The molecular formula is C19H39IN4OS. The lowest BCUT2D eigenvalue weighted by Gasteiger charge is -2.33. The molecule has 26 heavy (non-hydrogen) atoms. The van der Waals surface area contributed by atoms with Gasteiger partial charge in [0.15, 0.2) is 5.96 Å². The van der Waals surface area contributed by atoms with Gasteiger partial charge in [0.05, 0.1) is 6.61 Å². The van der Waals surface area contributed by atoms with Crippen molar-refractivity contribution in [3.63, 3.8) is 0 Å². The van der Waals surface area contributed by atoms with Crippen LogP contribution in [0.4, 0.5) is 0 Å². The fourth-order valence-electron chi connectivity index (χ4n) is 3.93. The number of piperidine rings is 1. The Bertz CT molecular complexity index is 390. The summed E-state index contributed by atoms with van der Waals surface area (Å²) in [5, 5.41) is 8.07. The summed E-state index contributed by atoms with van der Waals surface area (Å²) in [5.74, 6) is 2.98. The Hall–Kier alpha value is 0.270. The van der Waals surface area contributed by atoms with Crippen LogP contribution in [0.25, 0.3) is 0 Å². The third kappa shape index (κ3) is 8.97. The molecule has 1 aliphatic carbocycles. The highest BCUT2D eigenvalue weighted by Gasteiger charge is 2.23. The van der Waals surface area contributed by atoms with E-state index < -0.39 is 0 Å². The standard InChI is InChI=1S/C19H38N4OS.HI/c1-4-25-18-7-5-6-17(14-18)22-19(20-2)21-15-16-8-10-23(11-9-16)12-13-24-3;/h16-18H,4-15H2,1-3H3,(H2,20,21,22);1H. The van der Waals surface area contributed by atoms with Crippen molar-refractivity contribution in [1.82, 2.24) is 15.5 Å². The van der Waals surface area contributed by atoms with Crippen LogP contribution in [-0.4, -0.2) is 74.8 Å². The van der Waals surface area contributed by atoms with Gasteiger partial charge in [0.1, 0.15) is 0 Å². The number of ether oxygens (including phenoxy) is 1. The van der Waals surface area contributed by atoms with Crippen LogP contribution < -0.4 is 10.6 Å². The Morgan fingerprint density at radius 1 is 1.23 bits per heavy atom. The van der Waals surface area contributed by atoms with Crippen LogP contribution in [0.5, 0.6) is 0 Å². The summed E-state index contributed by atoms with van der Waals surface area (Å²) in [7, 11) is 3.68. The zero-order valence-corrected chi connectivity index (χ0v) is 20.0. The Morgan fingerprint density at radius 2 is 2.00 bits per heavy atom. The van der Waals surface area contributed by atoms with Gasteiger partial charge in [-0.15, -0.1) is 24.0 Å². The van der Waals surface area contributed by atoms with Crippen LogP contribution in [0.3, 0.4) is 0 Å². The van der Waals surface area contributed by atoms with Crippen LogP contribution in [0.1, 0.15) is 45.4 Å². The maximum absolute atomic E-state index is 5.18. The van der Waals surface area contributed by atoms with Crippen molar-refractivity contribution < 1.29 is 4.74 Å². The largest absolute Gasteiger partial charge is 0.383 e. The first kappa shape index (κ1) is 24.3. The number of hydrogen-bond donors (Lipinski definition) is 2. The Morgan fingerprint density at radius 3 is 2.65 bits per heavy atom. The highest BCUT2D eigenvalue weighted by Crippen LogP contribution is 2.28. The quantitative estimate of drug-likeness (QED) is 0.306. The summed E-state index contributed by atoms with van der Waals surface area (Å²) >= 11 is 2.12. The average Bonchev–Trinajstić information content (AvgIpc) is 2.65. The fourth-order valence-corrected chi connectivity index (χ4v) is 5.10. The van der Waals surface area contributed by atoms with Gasteiger partial charge >= 0.3 is 0 Å². The highest BCUT2D eigenvalue weighted by molar-refractivity contribution is 14.0. The number of halogens is 1. The minimum atomic E-state index is 0. The third-order valence-electron chi connectivity index (χ3n) is 5.47. The number of aliphatic imine (C=N–C) groups is 1. The monoisotopic (exact) mass is 498 g/mol. The van der Waals surface area contributed by atoms with E-state index in [0.717, 1.165) is 36.8 Å². The second-order valence-corrected chi connectivity index (χ2v) is 8.89. The Balaban J connectivity index is 0.00000338. The number of thioether (sulfide) groups is 1. The summed E-state index contributed by atoms with van der Waals surface area (Å²) in [4.78, 5) is 6.97. The van der Waals surface area contributed by atoms with Crippen molar-refractivity contribution in [2.24, 2.45) is 10.9 Å². The molecule has 2 unspecified atom stereocenters. The van der Waals surface area contributed by atoms with Gasteiger partial charge in [-0.05, 0) is 56.9 Å². The molecule has 2 rings (SSSR count).